The number of nitrogens with zero attached hydrogens (tertiary/aromatic N) is 2. The Labute approximate surface area is 155 Å². The van der Waals surface area contributed by atoms with Crippen LogP contribution in [0.15, 0.2) is 71.3 Å². The number of rotatable bonds is 5. The quantitative estimate of drug-likeness (QED) is 0.573. The van der Waals surface area contributed by atoms with Gasteiger partial charge in [-0.05, 0) is 23.8 Å². The number of oxazole rings is 1. The number of anilines is 1. The van der Waals surface area contributed by atoms with Gasteiger partial charge in [0.1, 0.15) is 12.1 Å². The molecule has 0 bridgehead atoms. The molecule has 27 heavy (non-hydrogen) atoms. The first-order valence-corrected chi connectivity index (χ1v) is 8.49. The number of nitrogens with one attached hydrogen (secondary N) is 1. The Hall–Kier alpha value is -3.67. The molecule has 0 aliphatic carbocycles. The number of hydrogen-bond acceptors (Lipinski definition) is 5. The van der Waals surface area contributed by atoms with Gasteiger partial charge < -0.3 is 14.5 Å². The third-order valence-corrected chi connectivity index (χ3v) is 3.99. The third kappa shape index (κ3) is 3.79. The minimum Gasteiger partial charge on any atom is -0.473 e. The lowest BCUT2D eigenvalue weighted by Gasteiger charge is -2.08. The molecule has 6 nitrogen and oxygen atoms in total. The van der Waals surface area contributed by atoms with Gasteiger partial charge in [0.05, 0.1) is 5.56 Å². The average Bonchev–Trinajstić information content (AvgIpc) is 3.07. The summed E-state index contributed by atoms with van der Waals surface area (Å²) < 4.78 is 11.2. The molecule has 4 aromatic rings. The summed E-state index contributed by atoms with van der Waals surface area (Å²) in [5.41, 5.74) is 3.22. The zero-order valence-electron chi connectivity index (χ0n) is 14.7. The van der Waals surface area contributed by atoms with Crippen LogP contribution in [0.2, 0.25) is 0 Å². The van der Waals surface area contributed by atoms with Crippen molar-refractivity contribution in [2.45, 2.75) is 13.5 Å². The van der Waals surface area contributed by atoms with Crippen LogP contribution in [-0.4, -0.2) is 15.9 Å². The van der Waals surface area contributed by atoms with Gasteiger partial charge in [-0.25, -0.2) is 9.97 Å². The summed E-state index contributed by atoms with van der Waals surface area (Å²) in [4.78, 5) is 21.2. The van der Waals surface area contributed by atoms with Crippen LogP contribution in [0.25, 0.3) is 11.1 Å². The molecule has 2 aromatic carbocycles. The molecule has 6 heteroatoms. The molecule has 0 aliphatic heterocycles. The van der Waals surface area contributed by atoms with Crippen LogP contribution in [0.3, 0.4) is 0 Å². The highest BCUT2D eigenvalue weighted by Gasteiger charge is 2.14. The number of aromatic nitrogens is 2. The number of pyridine rings is 1. The summed E-state index contributed by atoms with van der Waals surface area (Å²) in [7, 11) is 0. The van der Waals surface area contributed by atoms with E-state index < -0.39 is 0 Å². The summed E-state index contributed by atoms with van der Waals surface area (Å²) in [5.74, 6) is 0.687. The topological polar surface area (TPSA) is 77.2 Å². The Morgan fingerprint density at radius 3 is 2.81 bits per heavy atom. The molecular weight excluding hydrogens is 342 g/mol. The molecule has 0 fully saturated rings. The van der Waals surface area contributed by atoms with E-state index in [1.54, 1.807) is 43.5 Å². The first-order chi connectivity index (χ1) is 13.2. The lowest BCUT2D eigenvalue weighted by molar-refractivity contribution is 0.102. The van der Waals surface area contributed by atoms with Crippen LogP contribution in [0.4, 0.5) is 5.69 Å². The van der Waals surface area contributed by atoms with E-state index in [0.29, 0.717) is 40.7 Å². The molecule has 4 rings (SSSR count). The van der Waals surface area contributed by atoms with Gasteiger partial charge in [-0.2, -0.15) is 0 Å². The first-order valence-electron chi connectivity index (χ1n) is 8.49. The van der Waals surface area contributed by atoms with E-state index in [-0.39, 0.29) is 5.91 Å². The maximum absolute atomic E-state index is 12.7. The van der Waals surface area contributed by atoms with Crippen LogP contribution in [0.5, 0.6) is 5.88 Å². The summed E-state index contributed by atoms with van der Waals surface area (Å²) in [6.07, 6.45) is 1.59. The molecule has 0 radical (unpaired) electrons. The van der Waals surface area contributed by atoms with Crippen LogP contribution in [0.1, 0.15) is 21.8 Å². The number of benzene rings is 2. The van der Waals surface area contributed by atoms with E-state index in [0.717, 1.165) is 5.56 Å². The normalized spacial score (nSPS) is 10.7. The molecule has 0 atom stereocenters. The number of fused-ring (bicyclic) bond motifs is 1. The predicted molar refractivity (Wildman–Crippen MR) is 102 cm³/mol. The Balaban J connectivity index is 1.49. The van der Waals surface area contributed by atoms with Gasteiger partial charge in [-0.3, -0.25) is 4.79 Å². The number of hydrogen-bond donors (Lipinski definition) is 1. The number of para-hydroxylation sites is 1. The van der Waals surface area contributed by atoms with Gasteiger partial charge in [0, 0.05) is 24.9 Å². The number of ether oxygens (including phenoxy) is 1. The largest absolute Gasteiger partial charge is 0.473 e. The Kier molecular flexibility index (Phi) is 4.53. The van der Waals surface area contributed by atoms with Crippen LogP contribution >= 0.6 is 0 Å². The standard InChI is InChI=1S/C21H17N3O3/c1-14-23-20-17(8-5-9-18(20)27-14)21(25)24-16-10-11-22-19(12-16)26-13-15-6-3-2-4-7-15/h2-12H,13H2,1H3,(H,22,24,25). The van der Waals surface area contributed by atoms with Gasteiger partial charge in [-0.15, -0.1) is 0 Å². The maximum Gasteiger partial charge on any atom is 0.258 e. The van der Waals surface area contributed by atoms with Gasteiger partial charge in [-0.1, -0.05) is 36.4 Å². The van der Waals surface area contributed by atoms with Gasteiger partial charge in [0.25, 0.3) is 5.91 Å². The second kappa shape index (κ2) is 7.29. The lowest BCUT2D eigenvalue weighted by atomic mass is 10.1. The van der Waals surface area contributed by atoms with Crippen molar-refractivity contribution in [3.05, 3.63) is 83.9 Å². The van der Waals surface area contributed by atoms with Crippen molar-refractivity contribution in [3.8, 4) is 5.88 Å². The lowest BCUT2D eigenvalue weighted by Crippen LogP contribution is -2.12. The molecule has 0 aliphatic rings. The minimum atomic E-state index is -0.269. The minimum absolute atomic E-state index is 0.269. The van der Waals surface area contributed by atoms with Crippen molar-refractivity contribution in [1.29, 1.82) is 0 Å². The summed E-state index contributed by atoms with van der Waals surface area (Å²) >= 11 is 0. The molecule has 1 N–H and O–H groups in total. The highest BCUT2D eigenvalue weighted by atomic mass is 16.5. The van der Waals surface area contributed by atoms with E-state index >= 15 is 0 Å². The number of amides is 1. The fourth-order valence-corrected chi connectivity index (χ4v) is 2.74. The second-order valence-electron chi connectivity index (χ2n) is 6.00. The average molecular weight is 359 g/mol. The van der Waals surface area contributed by atoms with Crippen LogP contribution in [0, 0.1) is 6.92 Å². The molecule has 2 aromatic heterocycles. The van der Waals surface area contributed by atoms with Crippen LogP contribution in [-0.2, 0) is 6.61 Å². The van der Waals surface area contributed by atoms with Crippen molar-refractivity contribution in [2.24, 2.45) is 0 Å². The number of carbonyl (C=O) groups excluding carboxylic acids is 1. The van der Waals surface area contributed by atoms with Crippen molar-refractivity contribution < 1.29 is 13.9 Å². The fourth-order valence-electron chi connectivity index (χ4n) is 2.74. The fraction of sp³-hybridized carbons (Fsp3) is 0.0952. The van der Waals surface area contributed by atoms with Crippen molar-refractivity contribution in [1.82, 2.24) is 9.97 Å². The zero-order valence-corrected chi connectivity index (χ0v) is 14.7. The molecule has 0 unspecified atom stereocenters. The molecule has 0 spiro atoms. The highest BCUT2D eigenvalue weighted by molar-refractivity contribution is 6.11. The Morgan fingerprint density at radius 1 is 1.11 bits per heavy atom. The first kappa shape index (κ1) is 16.8. The van der Waals surface area contributed by atoms with E-state index in [1.165, 1.54) is 0 Å². The molecule has 0 saturated heterocycles. The van der Waals surface area contributed by atoms with E-state index in [9.17, 15) is 4.79 Å². The van der Waals surface area contributed by atoms with E-state index in [4.69, 9.17) is 9.15 Å². The second-order valence-corrected chi connectivity index (χ2v) is 6.00. The smallest absolute Gasteiger partial charge is 0.258 e. The van der Waals surface area contributed by atoms with Gasteiger partial charge in [0.2, 0.25) is 5.88 Å². The van der Waals surface area contributed by atoms with E-state index in [1.807, 2.05) is 30.3 Å². The SMILES string of the molecule is Cc1nc2c(C(=O)Nc3ccnc(OCc4ccccc4)c3)cccc2o1. The monoisotopic (exact) mass is 359 g/mol. The number of aryl methyl sites for hydroxylation is 1. The molecule has 1 amide bonds. The molecule has 0 saturated carbocycles. The Bertz CT molecular complexity index is 1090. The van der Waals surface area contributed by atoms with Crippen molar-refractivity contribution in [3.63, 3.8) is 0 Å². The van der Waals surface area contributed by atoms with Crippen LogP contribution < -0.4 is 10.1 Å². The summed E-state index contributed by atoms with van der Waals surface area (Å²) in [6.45, 7) is 2.16. The highest BCUT2D eigenvalue weighted by Crippen LogP contribution is 2.21. The number of carbonyl (C=O) groups is 1. The molecule has 134 valence electrons. The third-order valence-electron chi connectivity index (χ3n) is 3.99. The van der Waals surface area contributed by atoms with Crippen molar-refractivity contribution in [2.75, 3.05) is 5.32 Å². The maximum atomic E-state index is 12.7. The summed E-state index contributed by atoms with van der Waals surface area (Å²) in [6, 6.07) is 18.5. The van der Waals surface area contributed by atoms with Gasteiger partial charge in [0.15, 0.2) is 11.5 Å². The Morgan fingerprint density at radius 2 is 1.96 bits per heavy atom. The van der Waals surface area contributed by atoms with Gasteiger partial charge >= 0.3 is 0 Å². The zero-order chi connectivity index (χ0) is 18.6. The van der Waals surface area contributed by atoms with Crippen molar-refractivity contribution >= 4 is 22.7 Å². The summed E-state index contributed by atoms with van der Waals surface area (Å²) in [5, 5.41) is 2.86. The predicted octanol–water partition coefficient (Wildman–Crippen LogP) is 4.36. The molecule has 2 heterocycles. The molecular formula is C21H17N3O3. The van der Waals surface area contributed by atoms with E-state index in [2.05, 4.69) is 15.3 Å².